The van der Waals surface area contributed by atoms with E-state index < -0.39 is 0 Å². The molecule has 0 saturated carbocycles. The lowest BCUT2D eigenvalue weighted by Crippen LogP contribution is -2.25. The summed E-state index contributed by atoms with van der Waals surface area (Å²) in [5, 5.41) is 4.95. The van der Waals surface area contributed by atoms with E-state index in [0.717, 1.165) is 4.88 Å². The van der Waals surface area contributed by atoms with Gasteiger partial charge in [-0.25, -0.2) is 0 Å². The van der Waals surface area contributed by atoms with E-state index in [9.17, 15) is 4.79 Å². The maximum absolute atomic E-state index is 11.8. The lowest BCUT2D eigenvalue weighted by atomic mass is 10.2. The van der Waals surface area contributed by atoms with Crippen LogP contribution in [-0.2, 0) is 0 Å². The Hall–Kier alpha value is -1.26. The summed E-state index contributed by atoms with van der Waals surface area (Å²) in [6.45, 7) is 1.93. The monoisotopic (exact) mass is 255 g/mol. The summed E-state index contributed by atoms with van der Waals surface area (Å²) >= 11 is 7.32. The highest BCUT2D eigenvalue weighted by Crippen LogP contribution is 2.21. The zero-order chi connectivity index (χ0) is 11.5. The number of carbonyl (C=O) groups is 1. The fourth-order valence-electron chi connectivity index (χ4n) is 1.34. The molecule has 0 aliphatic carbocycles. The Morgan fingerprint density at radius 3 is 2.94 bits per heavy atom. The van der Waals surface area contributed by atoms with Gasteiger partial charge in [0, 0.05) is 4.88 Å². The molecule has 0 spiro atoms. The minimum Gasteiger partial charge on any atom is -0.452 e. The quantitative estimate of drug-likeness (QED) is 0.912. The molecule has 5 heteroatoms. The van der Waals surface area contributed by atoms with Gasteiger partial charge in [0.2, 0.25) is 5.22 Å². The summed E-state index contributed by atoms with van der Waals surface area (Å²) in [5.74, 6) is -0.223. The molecule has 2 aromatic heterocycles. The van der Waals surface area contributed by atoms with Gasteiger partial charge in [0.25, 0.3) is 5.91 Å². The summed E-state index contributed by atoms with van der Waals surface area (Å²) in [4.78, 5) is 12.9. The molecular weight excluding hydrogens is 246 g/mol. The van der Waals surface area contributed by atoms with Crippen molar-refractivity contribution in [2.45, 2.75) is 13.0 Å². The number of hydrogen-bond acceptors (Lipinski definition) is 3. The molecule has 0 fully saturated rings. The Balaban J connectivity index is 2.06. The molecule has 0 aromatic carbocycles. The van der Waals surface area contributed by atoms with Gasteiger partial charge in [0.05, 0.1) is 17.9 Å². The Kier molecular flexibility index (Phi) is 3.31. The number of amides is 1. The molecule has 1 unspecified atom stereocenters. The highest BCUT2D eigenvalue weighted by Gasteiger charge is 2.16. The van der Waals surface area contributed by atoms with Gasteiger partial charge in [-0.1, -0.05) is 6.07 Å². The summed E-state index contributed by atoms with van der Waals surface area (Å²) in [6.07, 6.45) is 1.40. The predicted molar refractivity (Wildman–Crippen MR) is 63.9 cm³/mol. The average molecular weight is 256 g/mol. The highest BCUT2D eigenvalue weighted by molar-refractivity contribution is 7.10. The van der Waals surface area contributed by atoms with Crippen LogP contribution in [0.25, 0.3) is 0 Å². The average Bonchev–Trinajstić information content (AvgIpc) is 2.86. The number of thiophene rings is 1. The van der Waals surface area contributed by atoms with Crippen LogP contribution in [-0.4, -0.2) is 5.91 Å². The van der Waals surface area contributed by atoms with Crippen LogP contribution in [0.15, 0.2) is 34.3 Å². The zero-order valence-corrected chi connectivity index (χ0v) is 10.1. The SMILES string of the molecule is CC(NC(=O)c1ccoc1Cl)c1cccs1. The molecule has 0 saturated heterocycles. The summed E-state index contributed by atoms with van der Waals surface area (Å²) in [7, 11) is 0. The predicted octanol–water partition coefficient (Wildman–Crippen LogP) is 3.49. The van der Waals surface area contributed by atoms with Crippen molar-refractivity contribution in [3.05, 3.63) is 45.5 Å². The third-order valence-corrected chi connectivity index (χ3v) is 3.53. The Morgan fingerprint density at radius 1 is 1.56 bits per heavy atom. The molecule has 84 valence electrons. The molecule has 0 aliphatic rings. The fraction of sp³-hybridized carbons (Fsp3) is 0.182. The van der Waals surface area contributed by atoms with E-state index >= 15 is 0 Å². The first kappa shape index (κ1) is 11.2. The Bertz CT molecular complexity index is 478. The van der Waals surface area contributed by atoms with Gasteiger partial charge in [-0.3, -0.25) is 4.79 Å². The zero-order valence-electron chi connectivity index (χ0n) is 8.57. The minimum atomic E-state index is -0.223. The number of furan rings is 1. The summed E-state index contributed by atoms with van der Waals surface area (Å²) in [5.41, 5.74) is 0.366. The van der Waals surface area contributed by atoms with Crippen molar-refractivity contribution < 1.29 is 9.21 Å². The van der Waals surface area contributed by atoms with E-state index in [2.05, 4.69) is 5.32 Å². The van der Waals surface area contributed by atoms with Crippen LogP contribution in [0.5, 0.6) is 0 Å². The van der Waals surface area contributed by atoms with Crippen LogP contribution >= 0.6 is 22.9 Å². The lowest BCUT2D eigenvalue weighted by molar-refractivity contribution is 0.0940. The van der Waals surface area contributed by atoms with E-state index in [4.69, 9.17) is 16.0 Å². The molecular formula is C11H10ClNO2S. The Morgan fingerprint density at radius 2 is 2.38 bits per heavy atom. The van der Waals surface area contributed by atoms with E-state index in [1.54, 1.807) is 17.4 Å². The number of hydrogen-bond donors (Lipinski definition) is 1. The molecule has 2 heterocycles. The van der Waals surface area contributed by atoms with Crippen LogP contribution in [0.2, 0.25) is 5.22 Å². The smallest absolute Gasteiger partial charge is 0.256 e. The first-order chi connectivity index (χ1) is 7.68. The molecule has 3 nitrogen and oxygen atoms in total. The highest BCUT2D eigenvalue weighted by atomic mass is 35.5. The lowest BCUT2D eigenvalue weighted by Gasteiger charge is -2.11. The number of nitrogens with one attached hydrogen (secondary N) is 1. The van der Waals surface area contributed by atoms with Crippen molar-refractivity contribution >= 4 is 28.8 Å². The van der Waals surface area contributed by atoms with Gasteiger partial charge in [-0.05, 0) is 36.0 Å². The van der Waals surface area contributed by atoms with E-state index in [-0.39, 0.29) is 17.2 Å². The van der Waals surface area contributed by atoms with Gasteiger partial charge < -0.3 is 9.73 Å². The van der Waals surface area contributed by atoms with E-state index in [1.165, 1.54) is 6.26 Å². The van der Waals surface area contributed by atoms with Crippen LogP contribution < -0.4 is 5.32 Å². The topological polar surface area (TPSA) is 42.2 Å². The largest absolute Gasteiger partial charge is 0.452 e. The summed E-state index contributed by atoms with van der Waals surface area (Å²) in [6, 6.07) is 5.46. The second-order valence-corrected chi connectivity index (χ2v) is 4.64. The minimum absolute atomic E-state index is 0.0292. The third kappa shape index (κ3) is 2.28. The Labute approximate surface area is 102 Å². The summed E-state index contributed by atoms with van der Waals surface area (Å²) < 4.78 is 4.87. The van der Waals surface area contributed by atoms with Gasteiger partial charge in [-0.15, -0.1) is 11.3 Å². The van der Waals surface area contributed by atoms with Crippen molar-refractivity contribution in [2.75, 3.05) is 0 Å². The molecule has 16 heavy (non-hydrogen) atoms. The van der Waals surface area contributed by atoms with Gasteiger partial charge >= 0.3 is 0 Å². The second-order valence-electron chi connectivity index (χ2n) is 3.32. The standard InChI is InChI=1S/C11H10ClNO2S/c1-7(9-3-2-6-16-9)13-11(14)8-4-5-15-10(8)12/h2-7H,1H3,(H,13,14). The first-order valence-electron chi connectivity index (χ1n) is 4.75. The second kappa shape index (κ2) is 4.72. The molecule has 2 rings (SSSR count). The van der Waals surface area contributed by atoms with Crippen molar-refractivity contribution in [3.8, 4) is 0 Å². The van der Waals surface area contributed by atoms with Gasteiger partial charge in [0.15, 0.2) is 0 Å². The van der Waals surface area contributed by atoms with Crippen LogP contribution in [0, 0.1) is 0 Å². The molecule has 0 aliphatic heterocycles. The molecule has 2 aromatic rings. The van der Waals surface area contributed by atoms with Crippen molar-refractivity contribution in [1.82, 2.24) is 5.32 Å². The van der Waals surface area contributed by atoms with E-state index in [1.807, 2.05) is 24.4 Å². The van der Waals surface area contributed by atoms with Crippen molar-refractivity contribution in [3.63, 3.8) is 0 Å². The molecule has 1 atom stereocenters. The molecule has 0 bridgehead atoms. The van der Waals surface area contributed by atoms with Gasteiger partial charge in [0.1, 0.15) is 0 Å². The maximum atomic E-state index is 11.8. The van der Waals surface area contributed by atoms with Crippen molar-refractivity contribution in [1.29, 1.82) is 0 Å². The van der Waals surface area contributed by atoms with E-state index in [0.29, 0.717) is 5.56 Å². The van der Waals surface area contributed by atoms with Crippen molar-refractivity contribution in [2.24, 2.45) is 0 Å². The number of halogens is 1. The fourth-order valence-corrected chi connectivity index (χ4v) is 2.27. The normalized spacial score (nSPS) is 12.4. The molecule has 1 N–H and O–H groups in total. The van der Waals surface area contributed by atoms with Crippen LogP contribution in [0.1, 0.15) is 28.2 Å². The van der Waals surface area contributed by atoms with Crippen LogP contribution in [0.3, 0.4) is 0 Å². The number of carbonyl (C=O) groups excluding carboxylic acids is 1. The number of rotatable bonds is 3. The maximum Gasteiger partial charge on any atom is 0.256 e. The third-order valence-electron chi connectivity index (χ3n) is 2.18. The first-order valence-corrected chi connectivity index (χ1v) is 6.01. The van der Waals surface area contributed by atoms with Crippen LogP contribution in [0.4, 0.5) is 0 Å². The van der Waals surface area contributed by atoms with Gasteiger partial charge in [-0.2, -0.15) is 0 Å². The molecule has 1 amide bonds. The molecule has 0 radical (unpaired) electrons.